The maximum Gasteiger partial charge on any atom is 0.259 e. The molecule has 3 aromatic rings. The van der Waals surface area contributed by atoms with E-state index in [1.807, 2.05) is 60.5 Å². The fourth-order valence-corrected chi connectivity index (χ4v) is 3.46. The van der Waals surface area contributed by atoms with Crippen molar-refractivity contribution in [3.05, 3.63) is 77.9 Å². The molecule has 164 valence electrons. The Kier molecular flexibility index (Phi) is 6.37. The Bertz CT molecular complexity index is 1160. The zero-order valence-electron chi connectivity index (χ0n) is 18.3. The summed E-state index contributed by atoms with van der Waals surface area (Å²) in [5, 5.41) is 2.95. The van der Waals surface area contributed by atoms with Crippen molar-refractivity contribution in [2.75, 3.05) is 39.7 Å². The summed E-state index contributed by atoms with van der Waals surface area (Å²) in [7, 11) is 5.17. The number of anilines is 1. The standard InChI is InChI=1S/C25H25N3O4/c1-28(14-15-30-2)24-19-16-17(26-25(29)18-8-4-6-10-21(18)31-3)12-13-22(19)32-23-11-7-5-9-20(23)27-24/h4-13,16H,14-15H2,1-3H3,(H,26,29). The number of carbonyl (C=O) groups excluding carboxylic acids is 1. The summed E-state index contributed by atoms with van der Waals surface area (Å²) in [4.78, 5) is 19.8. The van der Waals surface area contributed by atoms with Crippen LogP contribution in [0.1, 0.15) is 15.9 Å². The van der Waals surface area contributed by atoms with Crippen LogP contribution in [0.25, 0.3) is 0 Å². The zero-order valence-corrected chi connectivity index (χ0v) is 18.3. The van der Waals surface area contributed by atoms with Gasteiger partial charge in [-0.1, -0.05) is 24.3 Å². The van der Waals surface area contributed by atoms with E-state index in [1.54, 1.807) is 32.4 Å². The summed E-state index contributed by atoms with van der Waals surface area (Å²) >= 11 is 0. The third-order valence-electron chi connectivity index (χ3n) is 5.13. The molecule has 0 atom stereocenters. The first-order valence-corrected chi connectivity index (χ1v) is 10.2. The first kappa shape index (κ1) is 21.4. The lowest BCUT2D eigenvalue weighted by Crippen LogP contribution is -2.30. The molecular formula is C25H25N3O4. The quantitative estimate of drug-likeness (QED) is 0.612. The third kappa shape index (κ3) is 4.43. The summed E-state index contributed by atoms with van der Waals surface area (Å²) < 4.78 is 16.7. The SMILES string of the molecule is COCCN(C)C1=Nc2ccccc2Oc2ccc(NC(=O)c3ccccc3OC)cc21. The zero-order chi connectivity index (χ0) is 22.5. The number of hydrogen-bond donors (Lipinski definition) is 1. The smallest absolute Gasteiger partial charge is 0.259 e. The molecule has 0 aliphatic carbocycles. The van der Waals surface area contributed by atoms with Gasteiger partial charge in [0.25, 0.3) is 5.91 Å². The van der Waals surface area contributed by atoms with E-state index < -0.39 is 0 Å². The predicted molar refractivity (Wildman–Crippen MR) is 125 cm³/mol. The van der Waals surface area contributed by atoms with Crippen molar-refractivity contribution in [3.63, 3.8) is 0 Å². The van der Waals surface area contributed by atoms with Gasteiger partial charge in [-0.2, -0.15) is 0 Å². The lowest BCUT2D eigenvalue weighted by molar-refractivity contribution is 0.102. The number of nitrogens with one attached hydrogen (secondary N) is 1. The second kappa shape index (κ2) is 9.53. The Morgan fingerprint density at radius 3 is 2.62 bits per heavy atom. The van der Waals surface area contributed by atoms with Crippen LogP contribution in [-0.2, 0) is 4.74 Å². The van der Waals surface area contributed by atoms with Crippen LogP contribution < -0.4 is 14.8 Å². The highest BCUT2D eigenvalue weighted by atomic mass is 16.5. The lowest BCUT2D eigenvalue weighted by Gasteiger charge is -2.22. The molecule has 1 amide bonds. The van der Waals surface area contributed by atoms with E-state index in [-0.39, 0.29) is 5.91 Å². The summed E-state index contributed by atoms with van der Waals surface area (Å²) in [6.07, 6.45) is 0. The van der Waals surface area contributed by atoms with Crippen LogP contribution in [0.15, 0.2) is 71.7 Å². The van der Waals surface area contributed by atoms with Gasteiger partial charge in [0.15, 0.2) is 5.75 Å². The van der Waals surface area contributed by atoms with Crippen molar-refractivity contribution in [1.82, 2.24) is 4.90 Å². The van der Waals surface area contributed by atoms with Gasteiger partial charge >= 0.3 is 0 Å². The van der Waals surface area contributed by atoms with E-state index in [0.29, 0.717) is 41.7 Å². The summed E-state index contributed by atoms with van der Waals surface area (Å²) in [6, 6.07) is 20.3. The average Bonchev–Trinajstić information content (AvgIpc) is 2.99. The van der Waals surface area contributed by atoms with E-state index in [4.69, 9.17) is 19.2 Å². The van der Waals surface area contributed by atoms with Gasteiger partial charge in [0.1, 0.15) is 23.0 Å². The number of fused-ring (bicyclic) bond motifs is 2. The van der Waals surface area contributed by atoms with Crippen molar-refractivity contribution in [3.8, 4) is 17.2 Å². The van der Waals surface area contributed by atoms with Crippen molar-refractivity contribution in [1.29, 1.82) is 0 Å². The van der Waals surface area contributed by atoms with E-state index in [0.717, 1.165) is 17.1 Å². The molecule has 7 heteroatoms. The molecule has 0 saturated carbocycles. The molecule has 1 aliphatic heterocycles. The Balaban J connectivity index is 1.71. The second-order valence-corrected chi connectivity index (χ2v) is 7.28. The maximum absolute atomic E-state index is 12.9. The van der Waals surface area contributed by atoms with E-state index in [9.17, 15) is 4.79 Å². The predicted octanol–water partition coefficient (Wildman–Crippen LogP) is 4.71. The van der Waals surface area contributed by atoms with Gasteiger partial charge in [0, 0.05) is 26.4 Å². The minimum atomic E-state index is -0.258. The molecule has 7 nitrogen and oxygen atoms in total. The van der Waals surface area contributed by atoms with Crippen LogP contribution >= 0.6 is 0 Å². The first-order chi connectivity index (χ1) is 15.6. The molecule has 0 unspecified atom stereocenters. The molecule has 32 heavy (non-hydrogen) atoms. The van der Waals surface area contributed by atoms with Crippen molar-refractivity contribution in [2.24, 2.45) is 4.99 Å². The minimum absolute atomic E-state index is 0.258. The number of hydrogen-bond acceptors (Lipinski definition) is 6. The van der Waals surface area contributed by atoms with E-state index in [2.05, 4.69) is 5.32 Å². The van der Waals surface area contributed by atoms with Crippen LogP contribution in [0.5, 0.6) is 17.2 Å². The van der Waals surface area contributed by atoms with E-state index in [1.165, 1.54) is 0 Å². The molecule has 3 aromatic carbocycles. The number of rotatable bonds is 6. The summed E-state index contributed by atoms with van der Waals surface area (Å²) in [5.41, 5.74) is 2.60. The Hall–Kier alpha value is -3.84. The first-order valence-electron chi connectivity index (χ1n) is 10.2. The highest BCUT2D eigenvalue weighted by Crippen LogP contribution is 2.38. The van der Waals surface area contributed by atoms with Crippen molar-refractivity contribution < 1.29 is 19.0 Å². The topological polar surface area (TPSA) is 72.4 Å². The van der Waals surface area contributed by atoms with Crippen molar-refractivity contribution in [2.45, 2.75) is 0 Å². The summed E-state index contributed by atoms with van der Waals surface area (Å²) in [6.45, 7) is 1.20. The van der Waals surface area contributed by atoms with Crippen LogP contribution in [0, 0.1) is 0 Å². The van der Waals surface area contributed by atoms with Gasteiger partial charge in [0.2, 0.25) is 0 Å². The summed E-state index contributed by atoms with van der Waals surface area (Å²) in [5.74, 6) is 2.32. The Morgan fingerprint density at radius 2 is 1.81 bits per heavy atom. The van der Waals surface area contributed by atoms with Crippen LogP contribution in [0.3, 0.4) is 0 Å². The van der Waals surface area contributed by atoms with Gasteiger partial charge < -0.3 is 24.4 Å². The van der Waals surface area contributed by atoms with Gasteiger partial charge in [-0.05, 0) is 42.5 Å². The lowest BCUT2D eigenvalue weighted by atomic mass is 10.1. The number of aliphatic imine (C=N–C) groups is 1. The normalized spacial score (nSPS) is 11.9. The molecular weight excluding hydrogens is 406 g/mol. The van der Waals surface area contributed by atoms with Gasteiger partial charge in [-0.15, -0.1) is 0 Å². The number of methoxy groups -OCH3 is 2. The van der Waals surface area contributed by atoms with Gasteiger partial charge in [-0.25, -0.2) is 4.99 Å². The number of amides is 1. The van der Waals surface area contributed by atoms with Gasteiger partial charge in [0.05, 0.1) is 24.8 Å². The molecule has 0 fully saturated rings. The highest BCUT2D eigenvalue weighted by Gasteiger charge is 2.22. The number of nitrogens with zero attached hydrogens (tertiary/aromatic N) is 2. The molecule has 0 spiro atoms. The number of likely N-dealkylation sites (N-methyl/N-ethyl adjacent to an activating group) is 1. The minimum Gasteiger partial charge on any atom is -0.496 e. The Morgan fingerprint density at radius 1 is 1.03 bits per heavy atom. The van der Waals surface area contributed by atoms with Crippen LogP contribution in [0.4, 0.5) is 11.4 Å². The van der Waals surface area contributed by atoms with Crippen LogP contribution in [0.2, 0.25) is 0 Å². The molecule has 1 heterocycles. The fourth-order valence-electron chi connectivity index (χ4n) is 3.46. The molecule has 4 rings (SSSR count). The number of ether oxygens (including phenoxy) is 3. The Labute approximate surface area is 187 Å². The number of benzene rings is 3. The highest BCUT2D eigenvalue weighted by molar-refractivity contribution is 6.08. The maximum atomic E-state index is 12.9. The van der Waals surface area contributed by atoms with Crippen molar-refractivity contribution >= 4 is 23.1 Å². The fraction of sp³-hybridized carbons (Fsp3) is 0.200. The molecule has 0 aromatic heterocycles. The number of amidine groups is 1. The molecule has 1 N–H and O–H groups in total. The largest absolute Gasteiger partial charge is 0.496 e. The molecule has 0 saturated heterocycles. The third-order valence-corrected chi connectivity index (χ3v) is 5.13. The van der Waals surface area contributed by atoms with E-state index >= 15 is 0 Å². The number of carbonyl (C=O) groups is 1. The van der Waals surface area contributed by atoms with Crippen LogP contribution in [-0.4, -0.2) is 51.1 Å². The van der Waals surface area contributed by atoms with Gasteiger partial charge in [-0.3, -0.25) is 4.79 Å². The monoisotopic (exact) mass is 431 g/mol. The second-order valence-electron chi connectivity index (χ2n) is 7.28. The molecule has 0 radical (unpaired) electrons. The molecule has 1 aliphatic rings. The number of para-hydroxylation sites is 3. The average molecular weight is 431 g/mol. The molecule has 0 bridgehead atoms.